The molecular weight excluding hydrogens is 222 g/mol. The summed E-state index contributed by atoms with van der Waals surface area (Å²) in [6, 6.07) is 6.87. The lowest BCUT2D eigenvalue weighted by Crippen LogP contribution is -2.53. The van der Waals surface area contributed by atoms with Gasteiger partial charge in [0, 0.05) is 18.9 Å². The highest BCUT2D eigenvalue weighted by molar-refractivity contribution is 5.88. The van der Waals surface area contributed by atoms with Gasteiger partial charge in [-0.15, -0.1) is 0 Å². The van der Waals surface area contributed by atoms with Crippen molar-refractivity contribution in [3.8, 4) is 5.75 Å². The molecule has 1 atom stereocenters. The van der Waals surface area contributed by atoms with Crippen molar-refractivity contribution in [1.29, 1.82) is 0 Å². The third kappa shape index (κ3) is 1.84. The van der Waals surface area contributed by atoms with E-state index in [-0.39, 0.29) is 18.9 Å². The Balaban J connectivity index is 2.55. The van der Waals surface area contributed by atoms with Crippen LogP contribution in [-0.2, 0) is 15.1 Å². The molecule has 0 aliphatic carbocycles. The summed E-state index contributed by atoms with van der Waals surface area (Å²) in [5.41, 5.74) is -0.880. The van der Waals surface area contributed by atoms with E-state index in [4.69, 9.17) is 4.74 Å². The summed E-state index contributed by atoms with van der Waals surface area (Å²) in [5, 5.41) is 11.9. The SMILES string of the molecule is CC(=O)NC1(C(=O)O)CCOc2ccccc21. The van der Waals surface area contributed by atoms with Gasteiger partial charge in [0.15, 0.2) is 5.54 Å². The molecular formula is C12H13NO4. The van der Waals surface area contributed by atoms with E-state index < -0.39 is 11.5 Å². The molecule has 0 saturated carbocycles. The molecule has 0 fully saturated rings. The zero-order valence-corrected chi connectivity index (χ0v) is 9.40. The fourth-order valence-corrected chi connectivity index (χ4v) is 2.10. The first-order valence-corrected chi connectivity index (χ1v) is 5.31. The van der Waals surface area contributed by atoms with E-state index >= 15 is 0 Å². The van der Waals surface area contributed by atoms with Gasteiger partial charge < -0.3 is 15.2 Å². The topological polar surface area (TPSA) is 75.6 Å². The minimum atomic E-state index is -1.37. The van der Waals surface area contributed by atoms with E-state index in [2.05, 4.69) is 5.32 Å². The van der Waals surface area contributed by atoms with Crippen molar-refractivity contribution in [3.63, 3.8) is 0 Å². The second-order valence-corrected chi connectivity index (χ2v) is 3.99. The Morgan fingerprint density at radius 1 is 1.41 bits per heavy atom. The van der Waals surface area contributed by atoms with Crippen LogP contribution in [0.5, 0.6) is 5.75 Å². The predicted octanol–water partition coefficient (Wildman–Crippen LogP) is 0.885. The average molecular weight is 235 g/mol. The number of ether oxygens (including phenoxy) is 1. The van der Waals surface area contributed by atoms with Crippen LogP contribution in [0.25, 0.3) is 0 Å². The quantitative estimate of drug-likeness (QED) is 0.798. The highest BCUT2D eigenvalue weighted by atomic mass is 16.5. The molecule has 0 saturated heterocycles. The number of carboxylic acid groups (broad SMARTS) is 1. The van der Waals surface area contributed by atoms with Crippen molar-refractivity contribution in [2.45, 2.75) is 18.9 Å². The molecule has 0 spiro atoms. The number of hydrogen-bond acceptors (Lipinski definition) is 3. The highest BCUT2D eigenvalue weighted by Crippen LogP contribution is 2.37. The maximum Gasteiger partial charge on any atom is 0.334 e. The van der Waals surface area contributed by atoms with E-state index in [0.29, 0.717) is 11.3 Å². The number of carbonyl (C=O) groups excluding carboxylic acids is 1. The molecule has 1 aromatic rings. The Morgan fingerprint density at radius 2 is 2.12 bits per heavy atom. The fourth-order valence-electron chi connectivity index (χ4n) is 2.10. The molecule has 0 radical (unpaired) electrons. The van der Waals surface area contributed by atoms with E-state index in [1.165, 1.54) is 6.92 Å². The van der Waals surface area contributed by atoms with Crippen LogP contribution < -0.4 is 10.1 Å². The van der Waals surface area contributed by atoms with Gasteiger partial charge in [-0.2, -0.15) is 0 Å². The van der Waals surface area contributed by atoms with Gasteiger partial charge in [0.1, 0.15) is 5.75 Å². The largest absolute Gasteiger partial charge is 0.493 e. The fraction of sp³-hybridized carbons (Fsp3) is 0.333. The predicted molar refractivity (Wildman–Crippen MR) is 59.7 cm³/mol. The number of para-hydroxylation sites is 1. The molecule has 1 heterocycles. The third-order valence-corrected chi connectivity index (χ3v) is 2.84. The van der Waals surface area contributed by atoms with E-state index in [0.717, 1.165) is 0 Å². The summed E-state index contributed by atoms with van der Waals surface area (Å²) in [5.74, 6) is -0.928. The van der Waals surface area contributed by atoms with E-state index in [9.17, 15) is 14.7 Å². The lowest BCUT2D eigenvalue weighted by Gasteiger charge is -2.35. The number of benzene rings is 1. The second-order valence-electron chi connectivity index (χ2n) is 3.99. The molecule has 0 bridgehead atoms. The first-order valence-electron chi connectivity index (χ1n) is 5.31. The van der Waals surface area contributed by atoms with E-state index in [1.807, 2.05) is 0 Å². The third-order valence-electron chi connectivity index (χ3n) is 2.84. The van der Waals surface area contributed by atoms with Crippen LogP contribution in [0.1, 0.15) is 18.9 Å². The molecule has 2 N–H and O–H groups in total. The molecule has 5 heteroatoms. The Bertz CT molecular complexity index is 471. The number of carbonyl (C=O) groups is 2. The van der Waals surface area contributed by atoms with Gasteiger partial charge in [-0.25, -0.2) is 4.79 Å². The van der Waals surface area contributed by atoms with Crippen molar-refractivity contribution in [3.05, 3.63) is 29.8 Å². The van der Waals surface area contributed by atoms with Gasteiger partial charge in [-0.1, -0.05) is 18.2 Å². The van der Waals surface area contributed by atoms with Crippen LogP contribution >= 0.6 is 0 Å². The molecule has 90 valence electrons. The van der Waals surface area contributed by atoms with Gasteiger partial charge in [0.05, 0.1) is 6.61 Å². The van der Waals surface area contributed by atoms with Gasteiger partial charge in [-0.3, -0.25) is 4.79 Å². The number of fused-ring (bicyclic) bond motifs is 1. The lowest BCUT2D eigenvalue weighted by molar-refractivity contribution is -0.149. The van der Waals surface area contributed by atoms with Crippen molar-refractivity contribution in [2.24, 2.45) is 0 Å². The molecule has 17 heavy (non-hydrogen) atoms. The van der Waals surface area contributed by atoms with Gasteiger partial charge >= 0.3 is 5.97 Å². The van der Waals surface area contributed by atoms with Gasteiger partial charge in [-0.05, 0) is 6.07 Å². The lowest BCUT2D eigenvalue weighted by atomic mass is 9.84. The highest BCUT2D eigenvalue weighted by Gasteiger charge is 2.45. The number of rotatable bonds is 2. The summed E-state index contributed by atoms with van der Waals surface area (Å²) >= 11 is 0. The number of aliphatic carboxylic acids is 1. The van der Waals surface area contributed by atoms with Gasteiger partial charge in [0.2, 0.25) is 5.91 Å². The molecule has 1 aliphatic heterocycles. The van der Waals surface area contributed by atoms with Crippen molar-refractivity contribution in [1.82, 2.24) is 5.32 Å². The number of hydrogen-bond donors (Lipinski definition) is 2. The molecule has 5 nitrogen and oxygen atoms in total. The minimum absolute atomic E-state index is 0.221. The molecule has 2 rings (SSSR count). The zero-order chi connectivity index (χ0) is 12.5. The van der Waals surface area contributed by atoms with Crippen LogP contribution in [0.2, 0.25) is 0 Å². The molecule has 1 aromatic carbocycles. The Morgan fingerprint density at radius 3 is 2.76 bits per heavy atom. The minimum Gasteiger partial charge on any atom is -0.493 e. The van der Waals surface area contributed by atoms with E-state index in [1.54, 1.807) is 24.3 Å². The summed E-state index contributed by atoms with van der Waals surface area (Å²) < 4.78 is 5.40. The summed E-state index contributed by atoms with van der Waals surface area (Å²) in [4.78, 5) is 22.7. The molecule has 1 aliphatic rings. The normalized spacial score (nSPS) is 22.2. The number of nitrogens with one attached hydrogen (secondary N) is 1. The monoisotopic (exact) mass is 235 g/mol. The number of carboxylic acids is 1. The first-order chi connectivity index (χ1) is 8.06. The van der Waals surface area contributed by atoms with Crippen LogP contribution in [0.4, 0.5) is 0 Å². The van der Waals surface area contributed by atoms with Crippen molar-refractivity contribution < 1.29 is 19.4 Å². The molecule has 0 aromatic heterocycles. The van der Waals surface area contributed by atoms with Crippen LogP contribution in [0, 0.1) is 0 Å². The smallest absolute Gasteiger partial charge is 0.334 e. The Kier molecular flexibility index (Phi) is 2.75. The average Bonchev–Trinajstić information content (AvgIpc) is 2.28. The Labute approximate surface area is 98.4 Å². The van der Waals surface area contributed by atoms with Crippen molar-refractivity contribution >= 4 is 11.9 Å². The summed E-state index contributed by atoms with van der Waals surface area (Å²) in [6.07, 6.45) is 0.221. The summed E-state index contributed by atoms with van der Waals surface area (Å²) in [6.45, 7) is 1.58. The number of amides is 1. The molecule has 1 amide bonds. The Hall–Kier alpha value is -2.04. The van der Waals surface area contributed by atoms with Gasteiger partial charge in [0.25, 0.3) is 0 Å². The van der Waals surface area contributed by atoms with Crippen molar-refractivity contribution in [2.75, 3.05) is 6.61 Å². The summed E-state index contributed by atoms with van der Waals surface area (Å²) in [7, 11) is 0. The van der Waals surface area contributed by atoms with Crippen LogP contribution in [-0.4, -0.2) is 23.6 Å². The maximum atomic E-state index is 11.5. The van der Waals surface area contributed by atoms with Crippen LogP contribution in [0.15, 0.2) is 24.3 Å². The first kappa shape index (κ1) is 11.4. The maximum absolute atomic E-state index is 11.5. The zero-order valence-electron chi connectivity index (χ0n) is 9.40. The standard InChI is InChI=1S/C12H13NO4/c1-8(14)13-12(11(15)16)6-7-17-10-5-3-2-4-9(10)12/h2-5H,6-7H2,1H3,(H,13,14)(H,15,16). The molecule has 1 unspecified atom stereocenters. The second kappa shape index (κ2) is 4.08. The van der Waals surface area contributed by atoms with Crippen LogP contribution in [0.3, 0.4) is 0 Å².